The number of thioether (sulfide) groups is 1. The van der Waals surface area contributed by atoms with Crippen molar-refractivity contribution in [2.24, 2.45) is 0 Å². The predicted octanol–water partition coefficient (Wildman–Crippen LogP) is 5.55. The van der Waals surface area contributed by atoms with E-state index in [4.69, 9.17) is 27.9 Å². The fourth-order valence-electron chi connectivity index (χ4n) is 2.09. The number of nitrogens with one attached hydrogen (secondary N) is 1. The molecular weight excluding hydrogens is 393 g/mol. The third-order valence-electron chi connectivity index (χ3n) is 3.28. The van der Waals surface area contributed by atoms with Gasteiger partial charge in [-0.3, -0.25) is 4.79 Å². The van der Waals surface area contributed by atoms with Crippen LogP contribution in [0.25, 0.3) is 0 Å². The smallest absolute Gasteiger partial charge is 0.276 e. The molecule has 0 spiro atoms. The number of amides is 1. The minimum absolute atomic E-state index is 0.0802. The van der Waals surface area contributed by atoms with Gasteiger partial charge in [0.1, 0.15) is 5.75 Å². The molecule has 0 saturated carbocycles. The van der Waals surface area contributed by atoms with Gasteiger partial charge < -0.3 is 10.1 Å². The van der Waals surface area contributed by atoms with Crippen molar-refractivity contribution in [3.05, 3.63) is 70.5 Å². The number of hydrogen-bond acceptors (Lipinski definition) is 5. The number of anilines is 1. The summed E-state index contributed by atoms with van der Waals surface area (Å²) >= 11 is 13.4. The topological polar surface area (TPSA) is 64.1 Å². The van der Waals surface area contributed by atoms with Crippen LogP contribution < -0.4 is 10.1 Å². The largest absolute Gasteiger partial charge is 0.455 e. The van der Waals surface area contributed by atoms with Crippen LogP contribution in [-0.2, 0) is 0 Å². The van der Waals surface area contributed by atoms with Crippen molar-refractivity contribution < 1.29 is 9.53 Å². The number of aromatic nitrogens is 2. The number of hydrogen-bond donors (Lipinski definition) is 1. The average Bonchev–Trinajstić information content (AvgIpc) is 2.65. The number of nitrogens with zero attached hydrogens (tertiary/aromatic N) is 2. The summed E-state index contributed by atoms with van der Waals surface area (Å²) in [4.78, 5) is 20.8. The van der Waals surface area contributed by atoms with E-state index in [1.54, 1.807) is 18.2 Å². The Hall–Kier alpha value is -2.28. The quantitative estimate of drug-likeness (QED) is 0.445. The van der Waals surface area contributed by atoms with Gasteiger partial charge in [0.2, 0.25) is 0 Å². The molecule has 26 heavy (non-hydrogen) atoms. The second-order valence-electron chi connectivity index (χ2n) is 5.06. The van der Waals surface area contributed by atoms with Gasteiger partial charge in [0.05, 0.1) is 16.9 Å². The molecule has 3 rings (SSSR count). The summed E-state index contributed by atoms with van der Waals surface area (Å²) in [5.74, 6) is 0.604. The summed E-state index contributed by atoms with van der Waals surface area (Å²) in [6.45, 7) is 0. The van der Waals surface area contributed by atoms with Crippen LogP contribution in [0, 0.1) is 0 Å². The SMILES string of the molecule is CSc1ncc(Cl)c(C(=O)Nc2cc(Cl)ccc2Oc2ccccc2)n1. The number of carbonyl (C=O) groups is 1. The van der Waals surface area contributed by atoms with Gasteiger partial charge in [-0.1, -0.05) is 53.2 Å². The molecule has 0 aliphatic heterocycles. The van der Waals surface area contributed by atoms with Crippen molar-refractivity contribution >= 4 is 46.6 Å². The van der Waals surface area contributed by atoms with Gasteiger partial charge in [0, 0.05) is 5.02 Å². The maximum atomic E-state index is 12.6. The summed E-state index contributed by atoms with van der Waals surface area (Å²) in [6, 6.07) is 14.2. The molecule has 1 aromatic heterocycles. The molecule has 1 amide bonds. The minimum Gasteiger partial charge on any atom is -0.455 e. The first-order valence-electron chi connectivity index (χ1n) is 7.47. The van der Waals surface area contributed by atoms with E-state index in [1.165, 1.54) is 18.0 Å². The average molecular weight is 406 g/mol. The third-order valence-corrected chi connectivity index (χ3v) is 4.35. The number of halogens is 2. The van der Waals surface area contributed by atoms with E-state index in [2.05, 4.69) is 15.3 Å². The Morgan fingerprint density at radius 2 is 1.92 bits per heavy atom. The van der Waals surface area contributed by atoms with Gasteiger partial charge in [-0.2, -0.15) is 0 Å². The molecule has 132 valence electrons. The summed E-state index contributed by atoms with van der Waals surface area (Å²) in [6.07, 6.45) is 3.21. The Balaban J connectivity index is 1.89. The van der Waals surface area contributed by atoms with Crippen LogP contribution in [0.2, 0.25) is 10.0 Å². The van der Waals surface area contributed by atoms with E-state index >= 15 is 0 Å². The Morgan fingerprint density at radius 1 is 1.15 bits per heavy atom. The highest BCUT2D eigenvalue weighted by molar-refractivity contribution is 7.98. The zero-order valence-electron chi connectivity index (χ0n) is 13.6. The van der Waals surface area contributed by atoms with Crippen molar-refractivity contribution in [3.63, 3.8) is 0 Å². The maximum Gasteiger partial charge on any atom is 0.276 e. The highest BCUT2D eigenvalue weighted by atomic mass is 35.5. The molecule has 5 nitrogen and oxygen atoms in total. The van der Waals surface area contributed by atoms with E-state index < -0.39 is 5.91 Å². The lowest BCUT2D eigenvalue weighted by Gasteiger charge is -2.13. The van der Waals surface area contributed by atoms with Crippen molar-refractivity contribution in [1.29, 1.82) is 0 Å². The fourth-order valence-corrected chi connectivity index (χ4v) is 2.78. The zero-order chi connectivity index (χ0) is 18.5. The first kappa shape index (κ1) is 18.5. The standard InChI is InChI=1S/C18H13Cl2N3O2S/c1-26-18-21-10-13(20)16(23-18)17(24)22-14-9-11(19)7-8-15(14)25-12-5-3-2-4-6-12/h2-10H,1H3,(H,22,24). The van der Waals surface area contributed by atoms with Gasteiger partial charge in [0.15, 0.2) is 16.6 Å². The second-order valence-corrected chi connectivity index (χ2v) is 6.68. The lowest BCUT2D eigenvalue weighted by molar-refractivity contribution is 0.102. The molecule has 1 N–H and O–H groups in total. The molecular formula is C18H13Cl2N3O2S. The van der Waals surface area contributed by atoms with Crippen molar-refractivity contribution in [2.75, 3.05) is 11.6 Å². The van der Waals surface area contributed by atoms with Crippen LogP contribution in [0.15, 0.2) is 59.9 Å². The second kappa shape index (κ2) is 8.40. The molecule has 0 aliphatic carbocycles. The molecule has 0 radical (unpaired) electrons. The molecule has 1 heterocycles. The van der Waals surface area contributed by atoms with Gasteiger partial charge in [0.25, 0.3) is 5.91 Å². The van der Waals surface area contributed by atoms with Gasteiger partial charge in [-0.15, -0.1) is 0 Å². The third kappa shape index (κ3) is 4.46. The van der Waals surface area contributed by atoms with E-state index in [1.807, 2.05) is 36.6 Å². The summed E-state index contributed by atoms with van der Waals surface area (Å²) in [5.41, 5.74) is 0.489. The first-order valence-corrected chi connectivity index (χ1v) is 9.45. The van der Waals surface area contributed by atoms with Gasteiger partial charge >= 0.3 is 0 Å². The Labute approximate surface area is 164 Å². The zero-order valence-corrected chi connectivity index (χ0v) is 15.9. The molecule has 0 atom stereocenters. The van der Waals surface area contributed by atoms with Crippen molar-refractivity contribution in [3.8, 4) is 11.5 Å². The highest BCUT2D eigenvalue weighted by Crippen LogP contribution is 2.32. The fraction of sp³-hybridized carbons (Fsp3) is 0.0556. The Kier molecular flexibility index (Phi) is 5.98. The van der Waals surface area contributed by atoms with Crippen LogP contribution >= 0.6 is 35.0 Å². The van der Waals surface area contributed by atoms with Crippen LogP contribution in [0.3, 0.4) is 0 Å². The monoisotopic (exact) mass is 405 g/mol. The number of para-hydroxylation sites is 1. The van der Waals surface area contributed by atoms with Gasteiger partial charge in [-0.25, -0.2) is 9.97 Å². The normalized spacial score (nSPS) is 10.4. The van der Waals surface area contributed by atoms with Crippen LogP contribution in [0.4, 0.5) is 5.69 Å². The molecule has 0 aliphatic rings. The number of rotatable bonds is 5. The van der Waals surface area contributed by atoms with Crippen LogP contribution in [-0.4, -0.2) is 22.1 Å². The van der Waals surface area contributed by atoms with E-state index in [0.29, 0.717) is 27.4 Å². The number of ether oxygens (including phenoxy) is 1. The molecule has 2 aromatic carbocycles. The lowest BCUT2D eigenvalue weighted by atomic mass is 10.2. The predicted molar refractivity (Wildman–Crippen MR) is 105 cm³/mol. The summed E-state index contributed by atoms with van der Waals surface area (Å²) in [7, 11) is 0. The number of benzene rings is 2. The van der Waals surface area contributed by atoms with Gasteiger partial charge in [-0.05, 0) is 36.6 Å². The summed E-state index contributed by atoms with van der Waals surface area (Å²) in [5, 5.41) is 3.82. The van der Waals surface area contributed by atoms with Crippen LogP contribution in [0.5, 0.6) is 11.5 Å². The molecule has 0 fully saturated rings. The minimum atomic E-state index is -0.479. The summed E-state index contributed by atoms with van der Waals surface area (Å²) < 4.78 is 5.83. The van der Waals surface area contributed by atoms with E-state index in [0.717, 1.165) is 0 Å². The van der Waals surface area contributed by atoms with E-state index in [9.17, 15) is 4.79 Å². The molecule has 0 saturated heterocycles. The maximum absolute atomic E-state index is 12.6. The van der Waals surface area contributed by atoms with Crippen molar-refractivity contribution in [1.82, 2.24) is 9.97 Å². The number of carbonyl (C=O) groups excluding carboxylic acids is 1. The molecule has 0 bridgehead atoms. The molecule has 3 aromatic rings. The van der Waals surface area contributed by atoms with Crippen LogP contribution in [0.1, 0.15) is 10.5 Å². The molecule has 0 unspecified atom stereocenters. The highest BCUT2D eigenvalue weighted by Gasteiger charge is 2.17. The Morgan fingerprint density at radius 3 is 2.65 bits per heavy atom. The molecule has 8 heteroatoms. The van der Waals surface area contributed by atoms with E-state index in [-0.39, 0.29) is 10.7 Å². The first-order chi connectivity index (χ1) is 12.6. The van der Waals surface area contributed by atoms with Crippen molar-refractivity contribution in [2.45, 2.75) is 5.16 Å². The lowest BCUT2D eigenvalue weighted by Crippen LogP contribution is -2.15. The Bertz CT molecular complexity index is 939.